The molecule has 0 aliphatic carbocycles. The maximum absolute atomic E-state index is 11.5. The summed E-state index contributed by atoms with van der Waals surface area (Å²) >= 11 is 0. The molecule has 1 heterocycles. The number of esters is 1. The van der Waals surface area contributed by atoms with Crippen LogP contribution >= 0.6 is 0 Å². The molecule has 0 fully saturated rings. The number of rotatable bonds is 3. The minimum Gasteiger partial charge on any atom is -0.480 e. The molecule has 0 radical (unpaired) electrons. The van der Waals surface area contributed by atoms with Gasteiger partial charge in [-0.3, -0.25) is 14.2 Å². The second-order valence-electron chi connectivity index (χ2n) is 2.63. The quantitative estimate of drug-likeness (QED) is 0.653. The Balaban J connectivity index is 3.17. The first-order valence-electron chi connectivity index (χ1n) is 3.91. The van der Waals surface area contributed by atoms with E-state index in [9.17, 15) is 14.4 Å². The van der Waals surface area contributed by atoms with E-state index in [4.69, 9.17) is 5.11 Å². The van der Waals surface area contributed by atoms with Crippen molar-refractivity contribution in [2.24, 2.45) is 0 Å². The molecule has 80 valence electrons. The summed E-state index contributed by atoms with van der Waals surface area (Å²) in [5, 5.41) is 8.47. The van der Waals surface area contributed by atoms with Crippen molar-refractivity contribution in [1.82, 2.24) is 9.55 Å². The van der Waals surface area contributed by atoms with Gasteiger partial charge < -0.3 is 9.84 Å². The number of methoxy groups -OCH3 is 1. The van der Waals surface area contributed by atoms with E-state index >= 15 is 0 Å². The van der Waals surface area contributed by atoms with Crippen LogP contribution in [-0.4, -0.2) is 33.7 Å². The van der Waals surface area contributed by atoms with Crippen molar-refractivity contribution in [3.8, 4) is 0 Å². The second kappa shape index (κ2) is 4.36. The van der Waals surface area contributed by atoms with E-state index in [0.717, 1.165) is 24.2 Å². The zero-order valence-electron chi connectivity index (χ0n) is 7.84. The van der Waals surface area contributed by atoms with E-state index in [1.807, 2.05) is 0 Å². The van der Waals surface area contributed by atoms with Gasteiger partial charge in [-0.25, -0.2) is 9.78 Å². The maximum atomic E-state index is 11.5. The summed E-state index contributed by atoms with van der Waals surface area (Å²) in [7, 11) is 1.12. The number of aliphatic carboxylic acids is 1. The Bertz CT molecular complexity index is 451. The topological polar surface area (TPSA) is 98.5 Å². The van der Waals surface area contributed by atoms with Gasteiger partial charge in [0.15, 0.2) is 0 Å². The number of carboxylic acid groups (broad SMARTS) is 1. The van der Waals surface area contributed by atoms with Crippen LogP contribution in [-0.2, 0) is 16.1 Å². The van der Waals surface area contributed by atoms with Gasteiger partial charge in [-0.05, 0) is 0 Å². The van der Waals surface area contributed by atoms with Crippen LogP contribution in [0.5, 0.6) is 0 Å². The fourth-order valence-corrected chi connectivity index (χ4v) is 0.959. The Kier molecular flexibility index (Phi) is 3.17. The predicted octanol–water partition coefficient (Wildman–Crippen LogP) is -0.886. The normalized spacial score (nSPS) is 9.67. The van der Waals surface area contributed by atoms with Crippen LogP contribution in [0.15, 0.2) is 17.3 Å². The Hall–Kier alpha value is -2.18. The van der Waals surface area contributed by atoms with Gasteiger partial charge in [0.05, 0.1) is 13.4 Å². The van der Waals surface area contributed by atoms with Crippen LogP contribution in [0, 0.1) is 0 Å². The van der Waals surface area contributed by atoms with Gasteiger partial charge >= 0.3 is 11.9 Å². The standard InChI is InChI=1S/C8H8N2O5/c1-15-8(14)5-2-9-4-10(7(5)13)3-6(11)12/h2,4H,3H2,1H3,(H,11,12). The molecule has 0 aromatic carbocycles. The molecular formula is C8H8N2O5. The minimum atomic E-state index is -1.19. The molecule has 0 bridgehead atoms. The summed E-state index contributed by atoms with van der Waals surface area (Å²) in [6, 6.07) is 0. The van der Waals surface area contributed by atoms with E-state index in [0.29, 0.717) is 0 Å². The molecule has 0 saturated carbocycles. The summed E-state index contributed by atoms with van der Waals surface area (Å²) in [5.41, 5.74) is -1.03. The largest absolute Gasteiger partial charge is 0.480 e. The SMILES string of the molecule is COC(=O)c1cncn(CC(=O)O)c1=O. The number of hydrogen-bond acceptors (Lipinski definition) is 5. The molecule has 0 atom stereocenters. The highest BCUT2D eigenvalue weighted by Crippen LogP contribution is 1.91. The van der Waals surface area contributed by atoms with Gasteiger partial charge in [0.1, 0.15) is 12.1 Å². The van der Waals surface area contributed by atoms with Gasteiger partial charge in [0, 0.05) is 6.20 Å². The monoisotopic (exact) mass is 212 g/mol. The molecule has 0 spiro atoms. The van der Waals surface area contributed by atoms with Crippen LogP contribution in [0.2, 0.25) is 0 Å². The first-order chi connectivity index (χ1) is 7.06. The molecule has 7 nitrogen and oxygen atoms in total. The van der Waals surface area contributed by atoms with Gasteiger partial charge in [-0.15, -0.1) is 0 Å². The smallest absolute Gasteiger partial charge is 0.345 e. The minimum absolute atomic E-state index is 0.291. The van der Waals surface area contributed by atoms with Crippen molar-refractivity contribution >= 4 is 11.9 Å². The summed E-state index contributed by atoms with van der Waals surface area (Å²) < 4.78 is 5.15. The van der Waals surface area contributed by atoms with Gasteiger partial charge in [0.2, 0.25) is 0 Å². The van der Waals surface area contributed by atoms with Crippen molar-refractivity contribution in [3.05, 3.63) is 28.4 Å². The van der Waals surface area contributed by atoms with E-state index in [2.05, 4.69) is 9.72 Å². The Labute approximate surface area is 83.9 Å². The highest BCUT2D eigenvalue weighted by Gasteiger charge is 2.13. The molecule has 0 aliphatic heterocycles. The Morgan fingerprint density at radius 1 is 1.60 bits per heavy atom. The number of aromatic nitrogens is 2. The number of hydrogen-bond donors (Lipinski definition) is 1. The zero-order chi connectivity index (χ0) is 11.4. The average Bonchev–Trinajstić information content (AvgIpc) is 2.19. The lowest BCUT2D eigenvalue weighted by atomic mass is 10.3. The molecule has 15 heavy (non-hydrogen) atoms. The first kappa shape index (κ1) is 10.9. The van der Waals surface area contributed by atoms with Crippen LogP contribution in [0.4, 0.5) is 0 Å². The molecule has 0 amide bonds. The third kappa shape index (κ3) is 2.39. The average molecular weight is 212 g/mol. The van der Waals surface area contributed by atoms with Gasteiger partial charge in [-0.2, -0.15) is 0 Å². The molecule has 0 saturated heterocycles. The number of carbonyl (C=O) groups excluding carboxylic acids is 1. The molecule has 1 aromatic rings. The predicted molar refractivity (Wildman–Crippen MR) is 47.5 cm³/mol. The molecule has 0 unspecified atom stereocenters. The second-order valence-corrected chi connectivity index (χ2v) is 2.63. The van der Waals surface area contributed by atoms with Crippen molar-refractivity contribution in [2.75, 3.05) is 7.11 Å². The van der Waals surface area contributed by atoms with Crippen LogP contribution < -0.4 is 5.56 Å². The third-order valence-corrected chi connectivity index (χ3v) is 1.61. The molecule has 1 rings (SSSR count). The highest BCUT2D eigenvalue weighted by molar-refractivity contribution is 5.88. The summed E-state index contributed by atoms with van der Waals surface area (Å²) in [6.45, 7) is -0.545. The van der Waals surface area contributed by atoms with Crippen LogP contribution in [0.25, 0.3) is 0 Å². The lowest BCUT2D eigenvalue weighted by Crippen LogP contribution is -2.29. The number of ether oxygens (including phenoxy) is 1. The third-order valence-electron chi connectivity index (χ3n) is 1.61. The molecule has 0 aliphatic rings. The van der Waals surface area contributed by atoms with Crippen molar-refractivity contribution < 1.29 is 19.4 Å². The fraction of sp³-hybridized carbons (Fsp3) is 0.250. The number of carbonyl (C=O) groups is 2. The van der Waals surface area contributed by atoms with Crippen molar-refractivity contribution in [1.29, 1.82) is 0 Å². The van der Waals surface area contributed by atoms with Crippen molar-refractivity contribution in [2.45, 2.75) is 6.54 Å². The first-order valence-corrected chi connectivity index (χ1v) is 3.91. The molecule has 1 aromatic heterocycles. The number of nitrogens with zero attached hydrogens (tertiary/aromatic N) is 2. The lowest BCUT2D eigenvalue weighted by molar-refractivity contribution is -0.137. The molecular weight excluding hydrogens is 204 g/mol. The lowest BCUT2D eigenvalue weighted by Gasteiger charge is -2.02. The Morgan fingerprint density at radius 2 is 2.27 bits per heavy atom. The summed E-state index contributed by atoms with van der Waals surface area (Å²) in [5.74, 6) is -2.03. The maximum Gasteiger partial charge on any atom is 0.345 e. The van der Waals surface area contributed by atoms with Gasteiger partial charge in [0.25, 0.3) is 5.56 Å². The van der Waals surface area contributed by atoms with Crippen LogP contribution in [0.3, 0.4) is 0 Å². The van der Waals surface area contributed by atoms with E-state index in [-0.39, 0.29) is 5.56 Å². The molecule has 1 N–H and O–H groups in total. The highest BCUT2D eigenvalue weighted by atomic mass is 16.5. The summed E-state index contributed by atoms with van der Waals surface area (Å²) in [4.78, 5) is 36.4. The molecule has 7 heteroatoms. The van der Waals surface area contributed by atoms with E-state index < -0.39 is 24.0 Å². The summed E-state index contributed by atoms with van der Waals surface area (Å²) in [6.07, 6.45) is 2.08. The van der Waals surface area contributed by atoms with Crippen molar-refractivity contribution in [3.63, 3.8) is 0 Å². The fourth-order valence-electron chi connectivity index (χ4n) is 0.959. The van der Waals surface area contributed by atoms with E-state index in [1.165, 1.54) is 0 Å². The van der Waals surface area contributed by atoms with Gasteiger partial charge in [-0.1, -0.05) is 0 Å². The van der Waals surface area contributed by atoms with E-state index in [1.54, 1.807) is 0 Å². The van der Waals surface area contributed by atoms with Crippen LogP contribution in [0.1, 0.15) is 10.4 Å². The number of carboxylic acids is 1. The zero-order valence-corrected chi connectivity index (χ0v) is 7.84. The Morgan fingerprint density at radius 3 is 2.80 bits per heavy atom.